The van der Waals surface area contributed by atoms with E-state index >= 15 is 0 Å². The minimum absolute atomic E-state index is 0.112. The molecule has 9 heteroatoms. The highest BCUT2D eigenvalue weighted by Crippen LogP contribution is 2.31. The van der Waals surface area contributed by atoms with Crippen molar-refractivity contribution in [1.29, 1.82) is 0 Å². The number of hydrogen-bond donors (Lipinski definition) is 2. The van der Waals surface area contributed by atoms with Crippen molar-refractivity contribution in [3.63, 3.8) is 0 Å². The van der Waals surface area contributed by atoms with Gasteiger partial charge in [-0.25, -0.2) is 14.2 Å². The maximum atomic E-state index is 14.4. The second kappa shape index (κ2) is 10.7. The number of nitrogens with zero attached hydrogens (tertiary/aromatic N) is 3. The lowest BCUT2D eigenvalue weighted by Crippen LogP contribution is -2.36. The van der Waals surface area contributed by atoms with E-state index in [2.05, 4.69) is 11.4 Å². The van der Waals surface area contributed by atoms with Gasteiger partial charge in [-0.2, -0.15) is 0 Å². The summed E-state index contributed by atoms with van der Waals surface area (Å²) < 4.78 is 19.7. The van der Waals surface area contributed by atoms with Crippen molar-refractivity contribution in [2.45, 2.75) is 45.1 Å². The summed E-state index contributed by atoms with van der Waals surface area (Å²) in [6.07, 6.45) is 3.38. The summed E-state index contributed by atoms with van der Waals surface area (Å²) in [5, 5.41) is 12.8. The third-order valence-corrected chi connectivity index (χ3v) is 6.32. The molecule has 1 aromatic carbocycles. The molecule has 2 aliphatic rings. The molecule has 3 heterocycles. The van der Waals surface area contributed by atoms with E-state index in [1.807, 2.05) is 6.07 Å². The van der Waals surface area contributed by atoms with Gasteiger partial charge >= 0.3 is 12.0 Å². The molecule has 182 valence electrons. The highest BCUT2D eigenvalue weighted by molar-refractivity contribution is 5.78. The number of carbonyl (C=O) groups excluding carboxylic acids is 1. The van der Waals surface area contributed by atoms with Crippen molar-refractivity contribution in [1.82, 2.24) is 14.8 Å². The lowest BCUT2D eigenvalue weighted by molar-refractivity contribution is -0.138. The number of anilines is 1. The molecule has 1 aromatic heterocycles. The van der Waals surface area contributed by atoms with E-state index in [4.69, 9.17) is 9.72 Å². The number of urea groups is 1. The van der Waals surface area contributed by atoms with Crippen LogP contribution >= 0.6 is 0 Å². The number of nitrogens with one attached hydrogen (secondary N) is 1. The van der Waals surface area contributed by atoms with Crippen molar-refractivity contribution in [3.05, 3.63) is 53.0 Å². The van der Waals surface area contributed by atoms with E-state index in [0.29, 0.717) is 31.8 Å². The molecule has 0 bridgehead atoms. The Hall–Kier alpha value is -3.36. The number of carboxylic acids is 1. The first-order valence-electron chi connectivity index (χ1n) is 11.9. The molecule has 1 saturated heterocycles. The Balaban J connectivity index is 1.39. The molecule has 1 fully saturated rings. The molecule has 2 aliphatic heterocycles. The van der Waals surface area contributed by atoms with Crippen LogP contribution in [-0.4, -0.2) is 64.7 Å². The van der Waals surface area contributed by atoms with E-state index in [-0.39, 0.29) is 18.2 Å². The minimum Gasteiger partial charge on any atom is -0.491 e. The first kappa shape index (κ1) is 23.8. The summed E-state index contributed by atoms with van der Waals surface area (Å²) in [6.45, 7) is 4.49. The van der Waals surface area contributed by atoms with Gasteiger partial charge in [0.25, 0.3) is 0 Å². The van der Waals surface area contributed by atoms with Gasteiger partial charge in [0.2, 0.25) is 0 Å². The monoisotopic (exact) mass is 470 g/mol. The zero-order chi connectivity index (χ0) is 24.1. The molecule has 2 aromatic rings. The minimum atomic E-state index is -1.04. The first-order valence-corrected chi connectivity index (χ1v) is 11.9. The number of rotatable bonds is 10. The zero-order valence-electron chi connectivity index (χ0n) is 19.4. The third-order valence-electron chi connectivity index (χ3n) is 6.32. The number of aliphatic carboxylic acids is 1. The smallest absolute Gasteiger partial charge is 0.320 e. The molecular weight excluding hydrogens is 439 g/mol. The van der Waals surface area contributed by atoms with Gasteiger partial charge in [-0.05, 0) is 61.9 Å². The summed E-state index contributed by atoms with van der Waals surface area (Å²) in [5.74, 6) is -0.533. The molecule has 0 radical (unpaired) electrons. The number of carboxylic acid groups (broad SMARTS) is 1. The van der Waals surface area contributed by atoms with Crippen LogP contribution in [0.25, 0.3) is 0 Å². The normalized spacial score (nSPS) is 16.2. The van der Waals surface area contributed by atoms with Crippen LogP contribution in [0.5, 0.6) is 5.75 Å². The summed E-state index contributed by atoms with van der Waals surface area (Å²) in [5.41, 5.74) is 2.69. The van der Waals surface area contributed by atoms with Gasteiger partial charge in [0.15, 0.2) is 11.6 Å². The lowest BCUT2D eigenvalue weighted by atomic mass is 10.0. The number of halogens is 1. The summed E-state index contributed by atoms with van der Waals surface area (Å²) in [4.78, 5) is 32.6. The van der Waals surface area contributed by atoms with E-state index < -0.39 is 17.8 Å². The molecule has 2 amide bonds. The Kier molecular flexibility index (Phi) is 7.49. The molecule has 1 atom stereocenters. The molecule has 0 spiro atoms. The average molecular weight is 471 g/mol. The molecule has 4 rings (SSSR count). The fraction of sp³-hybridized carbons (Fsp3) is 0.480. The topological polar surface area (TPSA) is 95.0 Å². The molecule has 34 heavy (non-hydrogen) atoms. The van der Waals surface area contributed by atoms with Gasteiger partial charge in [0.1, 0.15) is 5.82 Å². The second-order valence-electron chi connectivity index (χ2n) is 8.64. The maximum Gasteiger partial charge on any atom is 0.320 e. The van der Waals surface area contributed by atoms with Crippen LogP contribution in [0.2, 0.25) is 0 Å². The van der Waals surface area contributed by atoms with Crippen LogP contribution in [0.15, 0.2) is 30.3 Å². The average Bonchev–Trinajstić information content (AvgIpc) is 3.18. The highest BCUT2D eigenvalue weighted by atomic mass is 19.1. The van der Waals surface area contributed by atoms with Crippen molar-refractivity contribution < 1.29 is 23.8 Å². The molecular formula is C25H31FN4O4. The molecule has 8 nitrogen and oxygen atoms in total. The van der Waals surface area contributed by atoms with Gasteiger partial charge in [-0.1, -0.05) is 12.1 Å². The number of hydrogen-bond acceptors (Lipinski definition) is 5. The van der Waals surface area contributed by atoms with Crippen LogP contribution in [0.4, 0.5) is 15.0 Å². The third kappa shape index (κ3) is 5.40. The van der Waals surface area contributed by atoms with Crippen LogP contribution in [0, 0.1) is 5.82 Å². The Morgan fingerprint density at radius 2 is 2.15 bits per heavy atom. The van der Waals surface area contributed by atoms with E-state index in [1.165, 1.54) is 22.6 Å². The fourth-order valence-corrected chi connectivity index (χ4v) is 4.63. The van der Waals surface area contributed by atoms with E-state index in [0.717, 1.165) is 43.7 Å². The molecule has 0 saturated carbocycles. The number of carbonyl (C=O) groups is 2. The van der Waals surface area contributed by atoms with Crippen molar-refractivity contribution >= 4 is 17.8 Å². The number of ether oxygens (including phenoxy) is 1. The van der Waals surface area contributed by atoms with Crippen LogP contribution in [-0.2, 0) is 17.6 Å². The molecule has 0 unspecified atom stereocenters. The Labute approximate surface area is 198 Å². The highest BCUT2D eigenvalue weighted by Gasteiger charge is 2.35. The van der Waals surface area contributed by atoms with Crippen molar-refractivity contribution in [3.8, 4) is 5.75 Å². The number of fused-ring (bicyclic) bond motifs is 1. The number of aryl methyl sites for hydroxylation is 2. The standard InChI is InChI=1S/C25H31FN4O4/c1-2-34-22-10-8-18(15-20(22)26)21(16-23(31)32)30-14-13-29(25(30)33)12-4-6-19-9-7-17-5-3-11-27-24(17)28-19/h7-10,15,21H,2-6,11-14,16H2,1H3,(H,27,28)(H,31,32)/t21-/m1/s1. The predicted octanol–water partition coefficient (Wildman–Crippen LogP) is 3.86. The number of pyridine rings is 1. The zero-order valence-corrected chi connectivity index (χ0v) is 19.4. The van der Waals surface area contributed by atoms with Gasteiger partial charge in [0, 0.05) is 31.9 Å². The van der Waals surface area contributed by atoms with Gasteiger partial charge in [-0.15, -0.1) is 0 Å². The molecule has 0 aliphatic carbocycles. The van der Waals surface area contributed by atoms with Crippen molar-refractivity contribution in [2.75, 3.05) is 38.1 Å². The predicted molar refractivity (Wildman–Crippen MR) is 126 cm³/mol. The Bertz CT molecular complexity index is 1050. The quantitative estimate of drug-likeness (QED) is 0.548. The summed E-state index contributed by atoms with van der Waals surface area (Å²) >= 11 is 0. The Morgan fingerprint density at radius 1 is 1.29 bits per heavy atom. The van der Waals surface area contributed by atoms with Gasteiger partial charge in [0.05, 0.1) is 19.1 Å². The largest absolute Gasteiger partial charge is 0.491 e. The maximum absolute atomic E-state index is 14.4. The van der Waals surface area contributed by atoms with Gasteiger partial charge < -0.3 is 25.0 Å². The number of aromatic nitrogens is 1. The van der Waals surface area contributed by atoms with Gasteiger partial charge in [-0.3, -0.25) is 4.79 Å². The molecule has 2 N–H and O–H groups in total. The van der Waals surface area contributed by atoms with Crippen molar-refractivity contribution in [2.24, 2.45) is 0 Å². The van der Waals surface area contributed by atoms with Crippen LogP contribution < -0.4 is 10.1 Å². The fourth-order valence-electron chi connectivity index (χ4n) is 4.63. The number of amides is 2. The SMILES string of the molecule is CCOc1ccc([C@@H](CC(=O)O)N2CCN(CCCc3ccc4c(n3)NCCC4)C2=O)cc1F. The Morgan fingerprint density at radius 3 is 2.91 bits per heavy atom. The van der Waals surface area contributed by atoms with Crippen LogP contribution in [0.3, 0.4) is 0 Å². The van der Waals surface area contributed by atoms with E-state index in [1.54, 1.807) is 17.9 Å². The summed E-state index contributed by atoms with van der Waals surface area (Å²) in [7, 11) is 0. The first-order chi connectivity index (χ1) is 16.5. The lowest BCUT2D eigenvalue weighted by Gasteiger charge is -2.27. The summed E-state index contributed by atoms with van der Waals surface area (Å²) in [6, 6.07) is 7.60. The second-order valence-corrected chi connectivity index (χ2v) is 8.64. The van der Waals surface area contributed by atoms with E-state index in [9.17, 15) is 19.1 Å². The van der Waals surface area contributed by atoms with Crippen LogP contribution in [0.1, 0.15) is 49.0 Å². The number of benzene rings is 1.